The molecule has 0 aliphatic heterocycles. The summed E-state index contributed by atoms with van der Waals surface area (Å²) in [5, 5.41) is 11.3. The summed E-state index contributed by atoms with van der Waals surface area (Å²) in [6, 6.07) is 10.7. The van der Waals surface area contributed by atoms with Crippen molar-refractivity contribution in [3.8, 4) is 0 Å². The van der Waals surface area contributed by atoms with Crippen LogP contribution in [-0.4, -0.2) is 27.8 Å². The second kappa shape index (κ2) is 6.97. The van der Waals surface area contributed by atoms with Crippen molar-refractivity contribution in [2.45, 2.75) is 13.0 Å². The molecule has 0 aliphatic rings. The number of aromatic nitrogens is 1. The van der Waals surface area contributed by atoms with Gasteiger partial charge in [-0.3, -0.25) is 14.9 Å². The number of nitro benzene ring substituents is 1. The van der Waals surface area contributed by atoms with E-state index in [1.165, 1.54) is 13.0 Å². The summed E-state index contributed by atoms with van der Waals surface area (Å²) in [7, 11) is 0. The molecule has 1 heterocycles. The Bertz CT molecular complexity index is 1030. The lowest BCUT2D eigenvalue weighted by molar-refractivity contribution is -0.384. The van der Waals surface area contributed by atoms with Crippen molar-refractivity contribution in [2.75, 3.05) is 0 Å². The lowest BCUT2D eigenvalue weighted by Crippen LogP contribution is -2.24. The fourth-order valence-electron chi connectivity index (χ4n) is 2.56. The number of para-hydroxylation sites is 1. The second-order valence-corrected chi connectivity index (χ2v) is 5.99. The van der Waals surface area contributed by atoms with Crippen molar-refractivity contribution < 1.29 is 19.2 Å². The van der Waals surface area contributed by atoms with Crippen molar-refractivity contribution in [2.24, 2.45) is 0 Å². The monoisotopic (exact) mass is 372 g/mol. The number of nitrogens with one attached hydrogen (secondary N) is 1. The Balaban J connectivity index is 1.79. The number of nitro groups is 1. The molecular formula is C18H13ClN2O5. The van der Waals surface area contributed by atoms with Crippen molar-refractivity contribution in [1.82, 2.24) is 4.98 Å². The molecule has 0 radical (unpaired) electrons. The number of nitrogens with zero attached hydrogens (tertiary/aromatic N) is 1. The highest BCUT2D eigenvalue weighted by Gasteiger charge is 2.24. The fourth-order valence-corrected chi connectivity index (χ4v) is 2.81. The van der Waals surface area contributed by atoms with Crippen LogP contribution in [0.5, 0.6) is 0 Å². The van der Waals surface area contributed by atoms with Crippen LogP contribution in [0, 0.1) is 10.1 Å². The number of carbonyl (C=O) groups is 2. The smallest absolute Gasteiger partial charge is 0.340 e. The van der Waals surface area contributed by atoms with Crippen LogP contribution in [0.3, 0.4) is 0 Å². The van der Waals surface area contributed by atoms with Gasteiger partial charge in [-0.15, -0.1) is 0 Å². The average molecular weight is 373 g/mol. The highest BCUT2D eigenvalue weighted by molar-refractivity contribution is 6.33. The predicted molar refractivity (Wildman–Crippen MR) is 95.6 cm³/mol. The minimum atomic E-state index is -1.05. The minimum absolute atomic E-state index is 0.0455. The SMILES string of the molecule is C[C@@H](OC(=O)c1ccc([N+](=O)[O-])cc1Cl)C(=O)c1c[nH]c2ccccc12. The average Bonchev–Trinajstić information content (AvgIpc) is 3.04. The molecule has 0 aliphatic carbocycles. The number of fused-ring (bicyclic) bond motifs is 1. The van der Waals surface area contributed by atoms with Crippen LogP contribution in [0.25, 0.3) is 10.9 Å². The first-order valence-electron chi connectivity index (χ1n) is 7.63. The molecule has 0 saturated carbocycles. The van der Waals surface area contributed by atoms with Gasteiger partial charge in [0, 0.05) is 34.8 Å². The zero-order valence-corrected chi connectivity index (χ0v) is 14.3. The first kappa shape index (κ1) is 17.6. The number of H-pyrrole nitrogens is 1. The molecule has 1 aromatic heterocycles. The Morgan fingerprint density at radius 2 is 1.92 bits per heavy atom. The third-order valence-electron chi connectivity index (χ3n) is 3.89. The van der Waals surface area contributed by atoms with Gasteiger partial charge in [0.1, 0.15) is 0 Å². The molecule has 0 amide bonds. The van der Waals surface area contributed by atoms with E-state index < -0.39 is 17.0 Å². The Hall–Kier alpha value is -3.19. The summed E-state index contributed by atoms with van der Waals surface area (Å²) in [6.45, 7) is 1.46. The molecule has 0 unspecified atom stereocenters. The Kier molecular flexibility index (Phi) is 4.73. The lowest BCUT2D eigenvalue weighted by atomic mass is 10.1. The summed E-state index contributed by atoms with van der Waals surface area (Å²) in [4.78, 5) is 37.9. The molecule has 7 nitrogen and oxygen atoms in total. The highest BCUT2D eigenvalue weighted by Crippen LogP contribution is 2.24. The number of ether oxygens (including phenoxy) is 1. The summed E-state index contributed by atoms with van der Waals surface area (Å²) in [5.41, 5.74) is 0.925. The van der Waals surface area contributed by atoms with Gasteiger partial charge in [0.05, 0.1) is 15.5 Å². The first-order chi connectivity index (χ1) is 12.4. The maximum Gasteiger partial charge on any atom is 0.340 e. The van der Waals surface area contributed by atoms with Gasteiger partial charge in [-0.2, -0.15) is 0 Å². The van der Waals surface area contributed by atoms with Gasteiger partial charge in [-0.05, 0) is 19.1 Å². The van der Waals surface area contributed by atoms with E-state index in [-0.39, 0.29) is 22.1 Å². The number of ketones is 1. The van der Waals surface area contributed by atoms with E-state index in [4.69, 9.17) is 16.3 Å². The Morgan fingerprint density at radius 3 is 2.62 bits per heavy atom. The Morgan fingerprint density at radius 1 is 1.19 bits per heavy atom. The van der Waals surface area contributed by atoms with Gasteiger partial charge in [0.25, 0.3) is 5.69 Å². The number of hydrogen-bond donors (Lipinski definition) is 1. The standard InChI is InChI=1S/C18H13ClN2O5/c1-10(17(22)14-9-20-16-5-3-2-4-12(14)16)26-18(23)13-7-6-11(21(24)25)8-15(13)19/h2-10,20H,1H3/t10-/m1/s1. The normalized spacial score (nSPS) is 11.9. The van der Waals surface area contributed by atoms with Crippen LogP contribution < -0.4 is 0 Å². The number of non-ortho nitro benzene ring substituents is 1. The Labute approximate surface area is 152 Å². The molecule has 1 N–H and O–H groups in total. The molecule has 0 spiro atoms. The van der Waals surface area contributed by atoms with Crippen LogP contribution in [0.2, 0.25) is 5.02 Å². The summed E-state index contributed by atoms with van der Waals surface area (Å²) >= 11 is 5.91. The number of aromatic amines is 1. The van der Waals surface area contributed by atoms with Crippen molar-refractivity contribution in [1.29, 1.82) is 0 Å². The molecule has 2 aromatic carbocycles. The van der Waals surface area contributed by atoms with E-state index in [1.54, 1.807) is 18.3 Å². The third kappa shape index (κ3) is 3.29. The molecular weight excluding hydrogens is 360 g/mol. The van der Waals surface area contributed by atoms with E-state index in [1.807, 2.05) is 12.1 Å². The molecule has 3 aromatic rings. The van der Waals surface area contributed by atoms with E-state index in [9.17, 15) is 19.7 Å². The van der Waals surface area contributed by atoms with E-state index in [0.29, 0.717) is 5.56 Å². The fraction of sp³-hybridized carbons (Fsp3) is 0.111. The summed E-state index contributed by atoms with van der Waals surface area (Å²) < 4.78 is 5.20. The number of Topliss-reactive ketones (excluding diaryl/α,β-unsaturated/α-hetero) is 1. The lowest BCUT2D eigenvalue weighted by Gasteiger charge is -2.12. The van der Waals surface area contributed by atoms with Crippen LogP contribution >= 0.6 is 11.6 Å². The van der Waals surface area contributed by atoms with E-state index in [0.717, 1.165) is 23.0 Å². The van der Waals surface area contributed by atoms with Crippen molar-refractivity contribution in [3.05, 3.63) is 74.9 Å². The molecule has 8 heteroatoms. The van der Waals surface area contributed by atoms with Crippen molar-refractivity contribution in [3.63, 3.8) is 0 Å². The zero-order valence-electron chi connectivity index (χ0n) is 13.6. The second-order valence-electron chi connectivity index (χ2n) is 5.58. The maximum atomic E-state index is 12.6. The molecule has 1 atom stereocenters. The summed E-state index contributed by atoms with van der Waals surface area (Å²) in [5.74, 6) is -1.19. The maximum absolute atomic E-state index is 12.6. The third-order valence-corrected chi connectivity index (χ3v) is 4.20. The van der Waals surface area contributed by atoms with Crippen LogP contribution in [0.1, 0.15) is 27.6 Å². The van der Waals surface area contributed by atoms with E-state index >= 15 is 0 Å². The molecule has 0 saturated heterocycles. The van der Waals surface area contributed by atoms with Gasteiger partial charge >= 0.3 is 5.97 Å². The first-order valence-corrected chi connectivity index (χ1v) is 8.01. The largest absolute Gasteiger partial charge is 0.451 e. The quantitative estimate of drug-likeness (QED) is 0.313. The van der Waals surface area contributed by atoms with E-state index in [2.05, 4.69) is 4.98 Å². The number of rotatable bonds is 5. The number of halogens is 1. The molecule has 26 heavy (non-hydrogen) atoms. The minimum Gasteiger partial charge on any atom is -0.451 e. The number of carbonyl (C=O) groups excluding carboxylic acids is 2. The number of benzene rings is 2. The number of hydrogen-bond acceptors (Lipinski definition) is 5. The zero-order chi connectivity index (χ0) is 18.8. The van der Waals surface area contributed by atoms with Gasteiger partial charge in [0.15, 0.2) is 6.10 Å². The van der Waals surface area contributed by atoms with Crippen LogP contribution in [0.15, 0.2) is 48.7 Å². The predicted octanol–water partition coefficient (Wildman–Crippen LogP) is 4.16. The molecule has 0 bridgehead atoms. The van der Waals surface area contributed by atoms with Gasteiger partial charge in [-0.1, -0.05) is 29.8 Å². The molecule has 132 valence electrons. The topological polar surface area (TPSA) is 102 Å². The van der Waals surface area contributed by atoms with Crippen LogP contribution in [-0.2, 0) is 4.74 Å². The van der Waals surface area contributed by atoms with Gasteiger partial charge < -0.3 is 9.72 Å². The van der Waals surface area contributed by atoms with Crippen molar-refractivity contribution >= 4 is 39.9 Å². The highest BCUT2D eigenvalue weighted by atomic mass is 35.5. The number of esters is 1. The summed E-state index contributed by atoms with van der Waals surface area (Å²) in [6.07, 6.45) is 0.517. The van der Waals surface area contributed by atoms with Gasteiger partial charge in [-0.25, -0.2) is 4.79 Å². The van der Waals surface area contributed by atoms with Crippen LogP contribution in [0.4, 0.5) is 5.69 Å². The van der Waals surface area contributed by atoms with Gasteiger partial charge in [0.2, 0.25) is 5.78 Å². The molecule has 3 rings (SSSR count). The molecule has 0 fully saturated rings.